The Morgan fingerprint density at radius 2 is 0.789 bits per heavy atom. The van der Waals surface area contributed by atoms with Crippen molar-refractivity contribution in [3.63, 3.8) is 0 Å². The molecule has 115 valence electrons. The minimum Gasteiger partial charge on any atom is -0.831 e. The predicted octanol–water partition coefficient (Wildman–Crippen LogP) is -0.812. The fourth-order valence-electron chi connectivity index (χ4n) is 0.500. The standard InChI is InChI=1S/3C4H9O2.Nd/c3*1-3-4(5)6-2;/h3*4H,3H2,1-2H3;/q3*-1;+3. The third-order valence-corrected chi connectivity index (χ3v) is 1.79. The van der Waals surface area contributed by atoms with Crippen molar-refractivity contribution in [2.24, 2.45) is 0 Å². The average Bonchev–Trinajstić information content (AvgIpc) is 2.45. The van der Waals surface area contributed by atoms with E-state index in [0.717, 1.165) is 0 Å². The van der Waals surface area contributed by atoms with Crippen LogP contribution in [0.5, 0.6) is 0 Å². The van der Waals surface area contributed by atoms with E-state index in [1.807, 2.05) is 0 Å². The summed E-state index contributed by atoms with van der Waals surface area (Å²) in [6.45, 7) is 5.38. The SMILES string of the molecule is CCC([O-])OC.CCC([O-])OC.CCC([O-])OC.[Nd+3]. The molecule has 19 heavy (non-hydrogen) atoms. The molecule has 0 heterocycles. The van der Waals surface area contributed by atoms with Crippen LogP contribution in [0.1, 0.15) is 40.0 Å². The zero-order valence-corrected chi connectivity index (χ0v) is 16.0. The van der Waals surface area contributed by atoms with Gasteiger partial charge in [0.2, 0.25) is 0 Å². The molecule has 0 saturated heterocycles. The summed E-state index contributed by atoms with van der Waals surface area (Å²) in [4.78, 5) is 0. The molecule has 0 aliphatic rings. The molecule has 0 aromatic heterocycles. The Morgan fingerprint density at radius 3 is 0.789 bits per heavy atom. The summed E-state index contributed by atoms with van der Waals surface area (Å²) in [6.07, 6.45) is -0.788. The molecule has 0 bridgehead atoms. The van der Waals surface area contributed by atoms with E-state index in [-0.39, 0.29) is 40.8 Å². The number of hydrogen-bond acceptors (Lipinski definition) is 6. The summed E-state index contributed by atoms with van der Waals surface area (Å²) in [5.41, 5.74) is 0. The van der Waals surface area contributed by atoms with Gasteiger partial charge in [-0.15, -0.1) is 0 Å². The Morgan fingerprint density at radius 1 is 0.632 bits per heavy atom. The molecule has 0 N–H and O–H groups in total. The van der Waals surface area contributed by atoms with E-state index in [0.29, 0.717) is 19.3 Å². The van der Waals surface area contributed by atoms with Crippen LogP contribution in [0.3, 0.4) is 0 Å². The fourth-order valence-corrected chi connectivity index (χ4v) is 0.500. The monoisotopic (exact) mass is 409 g/mol. The van der Waals surface area contributed by atoms with Gasteiger partial charge in [0.1, 0.15) is 0 Å². The maximum absolute atomic E-state index is 10.0. The summed E-state index contributed by atoms with van der Waals surface area (Å²) in [6, 6.07) is 0. The van der Waals surface area contributed by atoms with E-state index in [2.05, 4.69) is 14.2 Å². The smallest absolute Gasteiger partial charge is 0.831 e. The summed E-state index contributed by atoms with van der Waals surface area (Å²) in [7, 11) is 4.25. The molecule has 0 aliphatic carbocycles. The van der Waals surface area contributed by atoms with E-state index in [9.17, 15) is 15.3 Å². The van der Waals surface area contributed by atoms with Crippen LogP contribution in [0.25, 0.3) is 0 Å². The van der Waals surface area contributed by atoms with Gasteiger partial charge in [0.25, 0.3) is 0 Å². The van der Waals surface area contributed by atoms with Crippen molar-refractivity contribution in [3.05, 3.63) is 0 Å². The van der Waals surface area contributed by atoms with Gasteiger partial charge < -0.3 is 29.5 Å². The second-order valence-corrected chi connectivity index (χ2v) is 3.22. The van der Waals surface area contributed by atoms with E-state index < -0.39 is 18.9 Å². The van der Waals surface area contributed by atoms with Crippen molar-refractivity contribution in [2.75, 3.05) is 21.3 Å². The molecule has 0 saturated carbocycles. The minimum absolute atomic E-state index is 0. The largest absolute Gasteiger partial charge is 3.00 e. The molecule has 0 aliphatic heterocycles. The summed E-state index contributed by atoms with van der Waals surface area (Å²) >= 11 is 0. The molecule has 3 unspecified atom stereocenters. The first-order valence-corrected chi connectivity index (χ1v) is 5.99. The molecular weight excluding hydrogens is 384 g/mol. The summed E-state index contributed by atoms with van der Waals surface area (Å²) < 4.78 is 13.0. The van der Waals surface area contributed by atoms with E-state index >= 15 is 0 Å². The molecular formula is C12H27NdO6. The van der Waals surface area contributed by atoms with Crippen LogP contribution in [0, 0.1) is 40.8 Å². The van der Waals surface area contributed by atoms with E-state index in [4.69, 9.17) is 0 Å². The normalized spacial score (nSPS) is 13.7. The Hall–Kier alpha value is 1.11. The van der Waals surface area contributed by atoms with Gasteiger partial charge in [-0.05, 0) is 38.1 Å². The van der Waals surface area contributed by atoms with Crippen molar-refractivity contribution >= 4 is 0 Å². The van der Waals surface area contributed by atoms with Gasteiger partial charge >= 0.3 is 40.8 Å². The Bertz CT molecular complexity index is 104. The fraction of sp³-hybridized carbons (Fsp3) is 1.00. The maximum atomic E-state index is 10.0. The van der Waals surface area contributed by atoms with Crippen molar-refractivity contribution in [2.45, 2.75) is 58.9 Å². The Kier molecular flexibility index (Phi) is 36.0. The zero-order valence-electron chi connectivity index (χ0n) is 12.8. The van der Waals surface area contributed by atoms with Crippen molar-refractivity contribution < 1.29 is 70.4 Å². The minimum atomic E-state index is -0.815. The molecule has 3 atom stereocenters. The maximum Gasteiger partial charge on any atom is 3.00 e. The molecule has 1 radical (unpaired) electrons. The molecule has 7 heteroatoms. The van der Waals surface area contributed by atoms with Crippen LogP contribution in [0.15, 0.2) is 0 Å². The Balaban J connectivity index is -0.0000000865. The van der Waals surface area contributed by atoms with Crippen LogP contribution < -0.4 is 15.3 Å². The quantitative estimate of drug-likeness (QED) is 0.530. The third kappa shape index (κ3) is 32.6. The van der Waals surface area contributed by atoms with Crippen LogP contribution >= 0.6 is 0 Å². The molecule has 0 amide bonds. The van der Waals surface area contributed by atoms with Gasteiger partial charge in [-0.3, -0.25) is 0 Å². The van der Waals surface area contributed by atoms with Gasteiger partial charge in [-0.1, -0.05) is 20.8 Å². The van der Waals surface area contributed by atoms with Gasteiger partial charge in [0.05, 0.1) is 0 Å². The molecule has 0 rings (SSSR count). The van der Waals surface area contributed by atoms with Gasteiger partial charge in [-0.25, -0.2) is 0 Å². The van der Waals surface area contributed by atoms with Crippen LogP contribution in [0.2, 0.25) is 0 Å². The van der Waals surface area contributed by atoms with Gasteiger partial charge in [0, 0.05) is 21.3 Å². The number of hydrogen-bond donors (Lipinski definition) is 0. The molecule has 0 fully saturated rings. The van der Waals surface area contributed by atoms with Crippen molar-refractivity contribution in [3.8, 4) is 0 Å². The van der Waals surface area contributed by atoms with E-state index in [1.165, 1.54) is 21.3 Å². The topological polar surface area (TPSA) is 96.9 Å². The van der Waals surface area contributed by atoms with Crippen LogP contribution in [-0.2, 0) is 14.2 Å². The van der Waals surface area contributed by atoms with E-state index in [1.54, 1.807) is 20.8 Å². The first kappa shape index (κ1) is 28.3. The second-order valence-electron chi connectivity index (χ2n) is 3.22. The first-order chi connectivity index (χ1) is 8.42. The van der Waals surface area contributed by atoms with Crippen molar-refractivity contribution in [1.29, 1.82) is 0 Å². The Labute approximate surface area is 150 Å². The zero-order chi connectivity index (χ0) is 15.0. The average molecular weight is 412 g/mol. The second kappa shape index (κ2) is 24.2. The number of methoxy groups -OCH3 is 3. The first-order valence-electron chi connectivity index (χ1n) is 5.99. The number of rotatable bonds is 6. The summed E-state index contributed by atoms with van der Waals surface area (Å²) in [5, 5.41) is 30.1. The summed E-state index contributed by atoms with van der Waals surface area (Å²) in [5.74, 6) is 0. The van der Waals surface area contributed by atoms with Crippen LogP contribution in [0.4, 0.5) is 0 Å². The van der Waals surface area contributed by atoms with Crippen molar-refractivity contribution in [1.82, 2.24) is 0 Å². The van der Waals surface area contributed by atoms with Gasteiger partial charge in [-0.2, -0.15) is 0 Å². The molecule has 0 spiro atoms. The number of ether oxygens (including phenoxy) is 3. The van der Waals surface area contributed by atoms with Crippen LogP contribution in [-0.4, -0.2) is 40.2 Å². The third-order valence-electron chi connectivity index (χ3n) is 1.79. The van der Waals surface area contributed by atoms with Gasteiger partial charge in [0.15, 0.2) is 0 Å². The molecule has 0 aromatic carbocycles. The molecule has 0 aromatic rings. The molecule has 6 nitrogen and oxygen atoms in total. The predicted molar refractivity (Wildman–Crippen MR) is 63.3 cm³/mol.